The number of allylic oxidation sites excluding steroid dienone is 2. The Kier molecular flexibility index (Phi) is 19.8. The van der Waals surface area contributed by atoms with Crippen LogP contribution in [0.15, 0.2) is 11.6 Å². The standard InChI is InChI=1S/C63H98O29/c1-26-46-47(88-51-43(76)38(71)30(67)22-81-51)45(78)53(84-26)90-48-39(72)31(68)23-82-54(48)92-56(79)63-15-13-57(2,3)17-28(63)27-9-10-35-59(5)18-29(66)50(60(6,25-65)34(59)11-12-62(35,8)61(27,7)14-16-63)91-55-49(42(75)40(73)32(21-64)86-55)89-52-44(77)41(74)33(24-83-52)85-36(69)19-58(4,80)20-37(70)87-46/h9,26,28-35,38-55,64-68,71-78,80H,10-25H2,1-8H3/t26-,28-,29-,30+,31-,32+,33-,34+,35-,38-,39-,40+,41-,42-,43+,44+,45+,46-,47-,48+,49+,50-,51-,52-,53-,54-,55-,58-,59-,60-,61+,62+,63-/m0/s1. The third-order valence-corrected chi connectivity index (χ3v) is 24.0. The molecule has 0 aromatic rings. The van der Waals surface area contributed by atoms with Crippen molar-refractivity contribution in [2.24, 2.45) is 50.2 Å². The normalized spacial score (nSPS) is 54.4. The van der Waals surface area contributed by atoms with E-state index in [1.54, 1.807) is 0 Å². The van der Waals surface area contributed by atoms with Crippen LogP contribution in [-0.2, 0) is 71.2 Å². The highest BCUT2D eigenvalue weighted by Gasteiger charge is 2.72. The second kappa shape index (κ2) is 25.8. The number of carbonyl (C=O) groups is 3. The molecule has 0 aromatic heterocycles. The highest BCUT2D eigenvalue weighted by molar-refractivity contribution is 5.79. The van der Waals surface area contributed by atoms with Crippen LogP contribution in [0.2, 0.25) is 0 Å². The Labute approximate surface area is 533 Å². The Bertz CT molecular complexity index is 2700. The minimum absolute atomic E-state index is 0.109. The van der Waals surface area contributed by atoms with Crippen molar-refractivity contribution in [1.29, 1.82) is 0 Å². The molecule has 17 rings (SSSR count). The molecule has 12 heterocycles. The monoisotopic (exact) mass is 1320 g/mol. The molecule has 14 N–H and O–H groups in total. The molecule has 33 atom stereocenters. The third kappa shape index (κ3) is 12.1. The van der Waals surface area contributed by atoms with Crippen molar-refractivity contribution in [3.05, 3.63) is 11.6 Å². The van der Waals surface area contributed by atoms with Crippen molar-refractivity contribution in [2.45, 2.75) is 279 Å². The van der Waals surface area contributed by atoms with E-state index >= 15 is 4.79 Å². The van der Waals surface area contributed by atoms with Gasteiger partial charge < -0.3 is 128 Å². The Hall–Kier alpha value is -2.77. The fourth-order valence-corrected chi connectivity index (χ4v) is 18.5. The van der Waals surface area contributed by atoms with Crippen molar-refractivity contribution in [2.75, 3.05) is 33.0 Å². The molecule has 0 unspecified atom stereocenters. The lowest BCUT2D eigenvalue weighted by molar-refractivity contribution is -0.377. The van der Waals surface area contributed by atoms with Gasteiger partial charge in [-0.3, -0.25) is 14.4 Å². The highest BCUT2D eigenvalue weighted by atomic mass is 16.8. The summed E-state index contributed by atoms with van der Waals surface area (Å²) in [5.41, 5.74) is -5.49. The third-order valence-electron chi connectivity index (χ3n) is 24.0. The molecule has 12 aliphatic heterocycles. The lowest BCUT2D eigenvalue weighted by Gasteiger charge is -2.72. The van der Waals surface area contributed by atoms with Gasteiger partial charge in [-0.05, 0) is 111 Å². The number of rotatable bonds is 4. The number of carbonyl (C=O) groups excluding carboxylic acids is 3. The van der Waals surface area contributed by atoms with E-state index < -0.39 is 244 Å². The Balaban J connectivity index is 0.951. The molecule has 29 nitrogen and oxygen atoms in total. The first-order valence-corrected chi connectivity index (χ1v) is 32.6. The topological polar surface area (TPSA) is 445 Å². The van der Waals surface area contributed by atoms with E-state index in [0.717, 1.165) is 12.5 Å². The zero-order valence-corrected chi connectivity index (χ0v) is 53.4. The van der Waals surface area contributed by atoms with E-state index in [1.165, 1.54) is 6.92 Å². The van der Waals surface area contributed by atoms with Gasteiger partial charge in [-0.25, -0.2) is 0 Å². The van der Waals surface area contributed by atoms with Crippen LogP contribution in [0.5, 0.6) is 0 Å². The molecule has 92 heavy (non-hydrogen) atoms. The molecule has 0 aromatic carbocycles. The molecule has 17 aliphatic rings. The number of ether oxygens (including phenoxy) is 12. The van der Waals surface area contributed by atoms with Crippen LogP contribution in [-0.4, -0.2) is 275 Å². The van der Waals surface area contributed by atoms with Crippen LogP contribution >= 0.6 is 0 Å². The van der Waals surface area contributed by atoms with Gasteiger partial charge in [0, 0.05) is 5.41 Å². The van der Waals surface area contributed by atoms with E-state index in [0.29, 0.717) is 51.4 Å². The van der Waals surface area contributed by atoms with E-state index in [4.69, 9.17) is 56.8 Å². The molecule has 0 amide bonds. The van der Waals surface area contributed by atoms with E-state index in [1.807, 2.05) is 6.92 Å². The van der Waals surface area contributed by atoms with Gasteiger partial charge in [0.15, 0.2) is 43.5 Å². The molecule has 4 saturated carbocycles. The first-order chi connectivity index (χ1) is 43.1. The van der Waals surface area contributed by atoms with Crippen molar-refractivity contribution in [1.82, 2.24) is 0 Å². The van der Waals surface area contributed by atoms with E-state index in [-0.39, 0.29) is 29.6 Å². The van der Waals surface area contributed by atoms with Crippen LogP contribution in [0.3, 0.4) is 0 Å². The molecule has 524 valence electrons. The smallest absolute Gasteiger partial charge is 0.315 e. The van der Waals surface area contributed by atoms with Crippen molar-refractivity contribution < 1.29 is 143 Å². The minimum atomic E-state index is -2.29. The van der Waals surface area contributed by atoms with Gasteiger partial charge in [-0.1, -0.05) is 53.2 Å². The average molecular weight is 1320 g/mol. The van der Waals surface area contributed by atoms with E-state index in [9.17, 15) is 81.1 Å². The largest absolute Gasteiger partial charge is 0.457 e. The second-order valence-electron chi connectivity index (χ2n) is 30.5. The molecular formula is C63H98O29. The molecule has 5 aliphatic carbocycles. The number of hydrogen-bond acceptors (Lipinski definition) is 29. The van der Waals surface area contributed by atoms with Gasteiger partial charge in [-0.15, -0.1) is 0 Å². The zero-order chi connectivity index (χ0) is 66.9. The Morgan fingerprint density at radius 3 is 1.90 bits per heavy atom. The van der Waals surface area contributed by atoms with Crippen molar-refractivity contribution in [3.63, 3.8) is 0 Å². The SMILES string of the molecule is C[C@@H]1O[C@H]2O[C@H]3[C@@H](OC[C@H](O)[C@@H]3O)OC(=O)[C@]34CCC(C)(C)C[C@H]3C3=CC[C@H]5[C@@]6(C)C[C@H](O)[C@H](O[C@@H]7O[C@H](CO)[C@@H](O)[C@H](O)[C@H]7O[C@@H]7OC[C@H](OC(=O)C[C@](C)(O)CC(=O)O[C@@H]1[C@@H](O[C@@H]1OC[C@@H](O)[C@H](O)[C@H]1O)[C@H]2O)[C@H](O)[C@H]7O)[C@@](C)(CO)[C@@H]6CC[C@@]5(C)[C@]3(C)CC4. The van der Waals surface area contributed by atoms with Gasteiger partial charge in [-0.2, -0.15) is 0 Å². The summed E-state index contributed by atoms with van der Waals surface area (Å²) in [4.78, 5) is 43.1. The van der Waals surface area contributed by atoms with Gasteiger partial charge in [0.25, 0.3) is 0 Å². The summed E-state index contributed by atoms with van der Waals surface area (Å²) in [6, 6.07) is 0. The van der Waals surface area contributed by atoms with Crippen molar-refractivity contribution in [3.8, 4) is 0 Å². The van der Waals surface area contributed by atoms with Crippen LogP contribution in [0, 0.1) is 50.2 Å². The summed E-state index contributed by atoms with van der Waals surface area (Å²) in [5, 5.41) is 159. The first kappa shape index (κ1) is 70.5. The average Bonchev–Trinajstić information content (AvgIpc) is 0.674. The summed E-state index contributed by atoms with van der Waals surface area (Å²) in [7, 11) is 0. The van der Waals surface area contributed by atoms with Gasteiger partial charge >= 0.3 is 17.9 Å². The Morgan fingerprint density at radius 2 is 1.21 bits per heavy atom. The number of hydrogen-bond donors (Lipinski definition) is 14. The zero-order valence-electron chi connectivity index (χ0n) is 53.4. The second-order valence-corrected chi connectivity index (χ2v) is 30.5. The summed E-state index contributed by atoms with van der Waals surface area (Å²) < 4.78 is 72.3. The molecule has 8 saturated heterocycles. The maximum Gasteiger partial charge on any atom is 0.315 e. The van der Waals surface area contributed by atoms with Gasteiger partial charge in [0.05, 0.1) is 75.2 Å². The van der Waals surface area contributed by atoms with Gasteiger partial charge in [0.1, 0.15) is 79.4 Å². The predicted octanol–water partition coefficient (Wildman–Crippen LogP) is -2.68. The fourth-order valence-electron chi connectivity index (χ4n) is 18.5. The maximum absolute atomic E-state index is 15.6. The molecular weight excluding hydrogens is 1220 g/mol. The number of aliphatic hydroxyl groups excluding tert-OH is 13. The van der Waals surface area contributed by atoms with Crippen LogP contribution in [0.25, 0.3) is 0 Å². The van der Waals surface area contributed by atoms with Crippen LogP contribution in [0.1, 0.15) is 126 Å². The fraction of sp³-hybridized carbons (Fsp3) is 0.921. The first-order valence-electron chi connectivity index (χ1n) is 32.6. The number of esters is 3. The van der Waals surface area contributed by atoms with Crippen LogP contribution < -0.4 is 0 Å². The molecule has 12 bridgehead atoms. The quantitative estimate of drug-likeness (QED) is 0.0590. The number of aliphatic hydroxyl groups is 14. The minimum Gasteiger partial charge on any atom is -0.457 e. The molecule has 1 spiro atoms. The predicted molar refractivity (Wildman–Crippen MR) is 306 cm³/mol. The molecule has 29 heteroatoms. The van der Waals surface area contributed by atoms with Gasteiger partial charge in [0.2, 0.25) is 6.29 Å². The summed E-state index contributed by atoms with van der Waals surface area (Å²) in [6.45, 7) is 12.2. The summed E-state index contributed by atoms with van der Waals surface area (Å²) in [5.74, 6) is -3.90. The van der Waals surface area contributed by atoms with Crippen molar-refractivity contribution >= 4 is 17.9 Å². The molecule has 12 fully saturated rings. The Morgan fingerprint density at radius 1 is 0.565 bits per heavy atom. The summed E-state index contributed by atoms with van der Waals surface area (Å²) in [6.07, 6.45) is -36.9. The lowest BCUT2D eigenvalue weighted by Crippen LogP contribution is -2.70. The van der Waals surface area contributed by atoms with Crippen LogP contribution in [0.4, 0.5) is 0 Å². The molecule has 0 radical (unpaired) electrons. The lowest BCUT2D eigenvalue weighted by atomic mass is 9.33. The highest BCUT2D eigenvalue weighted by Crippen LogP contribution is 2.76. The maximum atomic E-state index is 15.6. The summed E-state index contributed by atoms with van der Waals surface area (Å²) >= 11 is 0. The van der Waals surface area contributed by atoms with E-state index in [2.05, 4.69) is 40.7 Å².